The van der Waals surface area contributed by atoms with Gasteiger partial charge in [-0.2, -0.15) is 0 Å². The van der Waals surface area contributed by atoms with Crippen molar-refractivity contribution in [3.63, 3.8) is 0 Å². The smallest absolute Gasteiger partial charge is 0.249 e. The second-order valence-corrected chi connectivity index (χ2v) is 16.1. The Morgan fingerprint density at radius 1 is 0.618 bits per heavy atom. The summed E-state index contributed by atoms with van der Waals surface area (Å²) >= 11 is 0. The molecule has 1 saturated heterocycles. The van der Waals surface area contributed by atoms with Crippen LogP contribution in [-0.2, 0) is 14.3 Å². The fraction of sp³-hybridized carbons (Fsp3) is 0.932. The molecular weight excluding hydrogens is 702 g/mol. The van der Waals surface area contributed by atoms with E-state index in [1.165, 1.54) is 116 Å². The van der Waals surface area contributed by atoms with Crippen LogP contribution >= 0.6 is 0 Å². The molecule has 1 amide bonds. The quantitative estimate of drug-likeness (QED) is 0.0243. The van der Waals surface area contributed by atoms with Gasteiger partial charge in [-0.3, -0.25) is 4.79 Å². The molecule has 1 rings (SSSR count). The third-order valence-electron chi connectivity index (χ3n) is 11.1. The van der Waals surface area contributed by atoms with Crippen molar-refractivity contribution >= 4 is 5.91 Å². The van der Waals surface area contributed by atoms with Crippen molar-refractivity contribution in [2.24, 2.45) is 0 Å². The number of aliphatic hydroxyl groups is 7. The SMILES string of the molecule is CCCCCC/C=C/CCCC(O)C(O)C(COC1OC(CO)C(O)C(O)C1O)NC(=O)C(O)CCCCCCCCCCCCCCCCCCCCC. The molecular formula is C44H85NO10. The fourth-order valence-electron chi connectivity index (χ4n) is 7.26. The number of nitrogens with one attached hydrogen (secondary N) is 1. The zero-order chi connectivity index (χ0) is 40.5. The van der Waals surface area contributed by atoms with Gasteiger partial charge in [-0.1, -0.05) is 167 Å². The van der Waals surface area contributed by atoms with E-state index in [1.54, 1.807) is 0 Å². The molecule has 0 aromatic heterocycles. The highest BCUT2D eigenvalue weighted by molar-refractivity contribution is 5.80. The van der Waals surface area contributed by atoms with Gasteiger partial charge in [-0.25, -0.2) is 0 Å². The molecule has 9 atom stereocenters. The van der Waals surface area contributed by atoms with Gasteiger partial charge in [-0.15, -0.1) is 0 Å². The van der Waals surface area contributed by atoms with E-state index < -0.39 is 74.2 Å². The summed E-state index contributed by atoms with van der Waals surface area (Å²) in [5.74, 6) is -0.706. The highest BCUT2D eigenvalue weighted by Crippen LogP contribution is 2.23. The van der Waals surface area contributed by atoms with E-state index >= 15 is 0 Å². The molecule has 0 bridgehead atoms. The highest BCUT2D eigenvalue weighted by Gasteiger charge is 2.44. The minimum Gasteiger partial charge on any atom is -0.394 e. The molecule has 326 valence electrons. The number of carbonyl (C=O) groups excluding carboxylic acids is 1. The minimum atomic E-state index is -1.66. The monoisotopic (exact) mass is 788 g/mol. The Labute approximate surface area is 334 Å². The number of allylic oxidation sites excluding steroid dienone is 2. The lowest BCUT2D eigenvalue weighted by molar-refractivity contribution is -0.303. The van der Waals surface area contributed by atoms with Crippen LogP contribution in [0.2, 0.25) is 0 Å². The van der Waals surface area contributed by atoms with Crippen molar-refractivity contribution in [3.05, 3.63) is 12.2 Å². The average molecular weight is 788 g/mol. The van der Waals surface area contributed by atoms with Crippen LogP contribution in [0, 0.1) is 0 Å². The molecule has 0 aromatic rings. The number of carbonyl (C=O) groups is 1. The Morgan fingerprint density at radius 2 is 1.07 bits per heavy atom. The van der Waals surface area contributed by atoms with Crippen molar-refractivity contribution < 1.29 is 50.0 Å². The van der Waals surface area contributed by atoms with E-state index in [4.69, 9.17) is 9.47 Å². The summed E-state index contributed by atoms with van der Waals surface area (Å²) in [7, 11) is 0. The largest absolute Gasteiger partial charge is 0.394 e. The molecule has 11 heteroatoms. The van der Waals surface area contributed by atoms with Gasteiger partial charge < -0.3 is 50.5 Å². The lowest BCUT2D eigenvalue weighted by Gasteiger charge is -2.40. The van der Waals surface area contributed by atoms with Gasteiger partial charge in [0.15, 0.2) is 6.29 Å². The summed E-state index contributed by atoms with van der Waals surface area (Å²) in [6, 6.07) is -1.18. The van der Waals surface area contributed by atoms with Gasteiger partial charge in [0.05, 0.1) is 25.4 Å². The third kappa shape index (κ3) is 25.1. The molecule has 1 aliphatic rings. The number of amides is 1. The normalized spacial score (nSPS) is 22.5. The summed E-state index contributed by atoms with van der Waals surface area (Å²) in [5.41, 5.74) is 0. The van der Waals surface area contributed by atoms with Crippen molar-refractivity contribution in [2.45, 2.75) is 249 Å². The number of hydrogen-bond acceptors (Lipinski definition) is 10. The van der Waals surface area contributed by atoms with E-state index in [1.807, 2.05) is 0 Å². The maximum Gasteiger partial charge on any atom is 0.249 e. The molecule has 8 N–H and O–H groups in total. The molecule has 9 unspecified atom stereocenters. The van der Waals surface area contributed by atoms with Crippen molar-refractivity contribution in [1.29, 1.82) is 0 Å². The van der Waals surface area contributed by atoms with Gasteiger partial charge in [0.25, 0.3) is 0 Å². The lowest BCUT2D eigenvalue weighted by atomic mass is 9.98. The zero-order valence-electron chi connectivity index (χ0n) is 34.9. The van der Waals surface area contributed by atoms with Crippen LogP contribution in [0.25, 0.3) is 0 Å². The zero-order valence-corrected chi connectivity index (χ0v) is 34.9. The Morgan fingerprint density at radius 3 is 1.56 bits per heavy atom. The summed E-state index contributed by atoms with van der Waals surface area (Å²) < 4.78 is 11.0. The first-order chi connectivity index (χ1) is 26.7. The summed E-state index contributed by atoms with van der Waals surface area (Å²) in [5, 5.41) is 75.3. The molecule has 1 aliphatic heterocycles. The summed E-state index contributed by atoms with van der Waals surface area (Å²) in [4.78, 5) is 13.0. The van der Waals surface area contributed by atoms with Gasteiger partial charge >= 0.3 is 0 Å². The Bertz CT molecular complexity index is 908. The van der Waals surface area contributed by atoms with Gasteiger partial charge in [0.2, 0.25) is 5.91 Å². The first-order valence-corrected chi connectivity index (χ1v) is 22.6. The van der Waals surface area contributed by atoms with Crippen LogP contribution in [0.5, 0.6) is 0 Å². The standard InChI is InChI=1S/C44H85NO10/c1-3-5-7-9-11-13-14-15-16-17-18-19-20-21-22-24-26-28-30-32-37(48)43(53)45-35(34-54-44-42(52)41(51)40(50)38(33-46)55-44)39(49)36(47)31-29-27-25-23-12-10-8-6-4-2/h23,25,35-42,44,46-52H,3-22,24,26-34H2,1-2H3,(H,45,53)/b25-23+. The Balaban J connectivity index is 2.41. The molecule has 1 heterocycles. The van der Waals surface area contributed by atoms with Gasteiger partial charge in [0, 0.05) is 0 Å². The molecule has 0 aromatic carbocycles. The van der Waals surface area contributed by atoms with Crippen LogP contribution in [0.4, 0.5) is 0 Å². The second-order valence-electron chi connectivity index (χ2n) is 16.1. The van der Waals surface area contributed by atoms with Crippen LogP contribution in [-0.4, -0.2) is 110 Å². The van der Waals surface area contributed by atoms with Crippen LogP contribution in [0.3, 0.4) is 0 Å². The van der Waals surface area contributed by atoms with Gasteiger partial charge in [-0.05, 0) is 38.5 Å². The van der Waals surface area contributed by atoms with E-state index in [9.17, 15) is 40.5 Å². The van der Waals surface area contributed by atoms with E-state index in [0.717, 1.165) is 38.5 Å². The van der Waals surface area contributed by atoms with E-state index in [-0.39, 0.29) is 12.8 Å². The number of aliphatic hydroxyl groups excluding tert-OH is 7. The average Bonchev–Trinajstić information content (AvgIpc) is 3.18. The lowest BCUT2D eigenvalue weighted by Crippen LogP contribution is -2.60. The first kappa shape index (κ1) is 51.9. The van der Waals surface area contributed by atoms with E-state index in [0.29, 0.717) is 12.8 Å². The number of unbranched alkanes of at least 4 members (excludes halogenated alkanes) is 23. The maximum atomic E-state index is 13.0. The van der Waals surface area contributed by atoms with Crippen molar-refractivity contribution in [1.82, 2.24) is 5.32 Å². The van der Waals surface area contributed by atoms with Gasteiger partial charge in [0.1, 0.15) is 36.6 Å². The summed E-state index contributed by atoms with van der Waals surface area (Å²) in [6.07, 6.45) is 24.3. The predicted molar refractivity (Wildman–Crippen MR) is 219 cm³/mol. The van der Waals surface area contributed by atoms with Crippen LogP contribution in [0.1, 0.15) is 194 Å². The molecule has 0 radical (unpaired) electrons. The topological polar surface area (TPSA) is 189 Å². The molecule has 1 fully saturated rings. The molecule has 0 saturated carbocycles. The van der Waals surface area contributed by atoms with Crippen LogP contribution in [0.15, 0.2) is 12.2 Å². The summed E-state index contributed by atoms with van der Waals surface area (Å²) in [6.45, 7) is 3.38. The minimum absolute atomic E-state index is 0.258. The third-order valence-corrected chi connectivity index (χ3v) is 11.1. The highest BCUT2D eigenvalue weighted by atomic mass is 16.7. The van der Waals surface area contributed by atoms with E-state index in [2.05, 4.69) is 31.3 Å². The number of hydrogen-bond donors (Lipinski definition) is 8. The molecule has 0 aliphatic carbocycles. The fourth-order valence-corrected chi connectivity index (χ4v) is 7.26. The molecule has 0 spiro atoms. The maximum absolute atomic E-state index is 13.0. The Hall–Kier alpha value is -1.15. The number of rotatable bonds is 37. The molecule has 55 heavy (non-hydrogen) atoms. The molecule has 11 nitrogen and oxygen atoms in total. The Kier molecular flexibility index (Phi) is 32.9. The van der Waals surface area contributed by atoms with Crippen molar-refractivity contribution in [2.75, 3.05) is 13.2 Å². The predicted octanol–water partition coefficient (Wildman–Crippen LogP) is 6.89. The number of ether oxygens (including phenoxy) is 2. The second kappa shape index (κ2) is 34.9. The van der Waals surface area contributed by atoms with Crippen LogP contribution < -0.4 is 5.32 Å². The first-order valence-electron chi connectivity index (χ1n) is 22.6. The van der Waals surface area contributed by atoms with Crippen molar-refractivity contribution in [3.8, 4) is 0 Å².